The van der Waals surface area contributed by atoms with Crippen molar-refractivity contribution in [3.63, 3.8) is 0 Å². The van der Waals surface area contributed by atoms with E-state index in [1.165, 1.54) is 0 Å². The van der Waals surface area contributed by atoms with Gasteiger partial charge in [-0.05, 0) is 55.3 Å². The number of pyridine rings is 1. The van der Waals surface area contributed by atoms with Crippen LogP contribution in [0.4, 0.5) is 10.5 Å². The molecule has 5 rings (SSSR count). The number of methoxy groups -OCH3 is 3. The molecule has 0 atom stereocenters. The van der Waals surface area contributed by atoms with Gasteiger partial charge in [-0.2, -0.15) is 5.10 Å². The van der Waals surface area contributed by atoms with Crippen LogP contribution in [0.25, 0.3) is 22.8 Å². The zero-order valence-corrected chi connectivity index (χ0v) is 24.1. The van der Waals surface area contributed by atoms with Crippen molar-refractivity contribution in [1.82, 2.24) is 24.6 Å². The van der Waals surface area contributed by atoms with E-state index in [0.29, 0.717) is 52.7 Å². The second kappa shape index (κ2) is 12.9. The van der Waals surface area contributed by atoms with Gasteiger partial charge in [0.05, 0.1) is 38.6 Å². The number of hydrogen-bond donors (Lipinski definition) is 1. The van der Waals surface area contributed by atoms with Crippen molar-refractivity contribution >= 4 is 23.3 Å². The molecule has 2 amide bonds. The topological polar surface area (TPSA) is 104 Å². The van der Waals surface area contributed by atoms with Crippen LogP contribution in [0.1, 0.15) is 25.7 Å². The summed E-state index contributed by atoms with van der Waals surface area (Å²) in [5.74, 6) is 2.96. The van der Waals surface area contributed by atoms with Crippen molar-refractivity contribution in [2.45, 2.75) is 38.3 Å². The number of hydrogen-bond acceptors (Lipinski definition) is 7. The Morgan fingerprint density at radius 3 is 2.41 bits per heavy atom. The fourth-order valence-corrected chi connectivity index (χ4v) is 5.36. The van der Waals surface area contributed by atoms with E-state index in [-0.39, 0.29) is 12.1 Å². The zero-order valence-electron chi connectivity index (χ0n) is 23.3. The first-order chi connectivity index (χ1) is 20.0. The largest absolute Gasteiger partial charge is 0.497 e. The number of halogens is 1. The minimum absolute atomic E-state index is 0.126. The molecule has 0 saturated heterocycles. The van der Waals surface area contributed by atoms with E-state index in [0.717, 1.165) is 36.8 Å². The number of rotatable bonds is 10. The van der Waals surface area contributed by atoms with Crippen LogP contribution in [0.5, 0.6) is 17.2 Å². The molecule has 0 bridgehead atoms. The van der Waals surface area contributed by atoms with Crippen LogP contribution in [0.3, 0.4) is 0 Å². The first-order valence-electron chi connectivity index (χ1n) is 13.5. The molecule has 2 aromatic carbocycles. The molecular formula is C30H33ClN6O4. The molecule has 4 aromatic rings. The maximum absolute atomic E-state index is 13.7. The third-order valence-electron chi connectivity index (χ3n) is 7.25. The van der Waals surface area contributed by atoms with Crippen LogP contribution >= 0.6 is 11.6 Å². The fourth-order valence-electron chi connectivity index (χ4n) is 5.10. The highest BCUT2D eigenvalue weighted by atomic mass is 35.5. The summed E-state index contributed by atoms with van der Waals surface area (Å²) in [5.41, 5.74) is 2.22. The third-order valence-corrected chi connectivity index (χ3v) is 7.54. The van der Waals surface area contributed by atoms with Crippen molar-refractivity contribution in [2.24, 2.45) is 0 Å². The Bertz CT molecular complexity index is 1490. The van der Waals surface area contributed by atoms with E-state index >= 15 is 0 Å². The van der Waals surface area contributed by atoms with Crippen molar-refractivity contribution in [1.29, 1.82) is 0 Å². The van der Waals surface area contributed by atoms with Gasteiger partial charge in [-0.1, -0.05) is 24.4 Å². The first kappa shape index (κ1) is 28.2. The fraction of sp³-hybridized carbons (Fsp3) is 0.333. The number of nitrogens with one attached hydrogen (secondary N) is 1. The highest BCUT2D eigenvalue weighted by molar-refractivity contribution is 6.32. The van der Waals surface area contributed by atoms with Crippen LogP contribution in [-0.4, -0.2) is 64.6 Å². The van der Waals surface area contributed by atoms with Crippen LogP contribution in [0, 0.1) is 0 Å². The Morgan fingerprint density at radius 1 is 0.976 bits per heavy atom. The smallest absolute Gasteiger partial charge is 0.322 e. The van der Waals surface area contributed by atoms with Crippen molar-refractivity contribution < 1.29 is 19.0 Å². The van der Waals surface area contributed by atoms with Gasteiger partial charge < -0.3 is 24.4 Å². The van der Waals surface area contributed by atoms with Crippen LogP contribution < -0.4 is 19.5 Å². The van der Waals surface area contributed by atoms with Gasteiger partial charge in [0.2, 0.25) is 0 Å². The Hall–Kier alpha value is -4.31. The Kier molecular flexibility index (Phi) is 8.88. The molecule has 10 nitrogen and oxygen atoms in total. The van der Waals surface area contributed by atoms with Crippen LogP contribution in [0.15, 0.2) is 60.9 Å². The SMILES string of the molecule is COc1ccc(NC(=O)N(CCn2nc(-c3ccncc3)nc2-c2ccc(OC)c(Cl)c2)C2CCCC2)c(OC)c1. The summed E-state index contributed by atoms with van der Waals surface area (Å²) in [6.45, 7) is 0.867. The minimum atomic E-state index is -0.191. The Balaban J connectivity index is 1.43. The molecule has 2 aromatic heterocycles. The van der Waals surface area contributed by atoms with E-state index < -0.39 is 0 Å². The molecule has 214 valence electrons. The summed E-state index contributed by atoms with van der Waals surface area (Å²) in [4.78, 5) is 24.5. The Labute approximate surface area is 244 Å². The molecule has 41 heavy (non-hydrogen) atoms. The maximum atomic E-state index is 13.7. The lowest BCUT2D eigenvalue weighted by Gasteiger charge is -2.29. The number of carbonyl (C=O) groups excluding carboxylic acids is 1. The number of nitrogens with zero attached hydrogens (tertiary/aromatic N) is 5. The second-order valence-corrected chi connectivity index (χ2v) is 10.1. The average Bonchev–Trinajstić information content (AvgIpc) is 3.69. The van der Waals surface area contributed by atoms with E-state index in [9.17, 15) is 4.79 Å². The molecule has 1 N–H and O–H groups in total. The molecule has 1 fully saturated rings. The molecule has 1 aliphatic carbocycles. The highest BCUT2D eigenvalue weighted by Gasteiger charge is 2.28. The molecule has 1 aliphatic rings. The van der Waals surface area contributed by atoms with E-state index in [4.69, 9.17) is 35.9 Å². The number of carbonyl (C=O) groups is 1. The van der Waals surface area contributed by atoms with Gasteiger partial charge in [0.1, 0.15) is 17.2 Å². The van der Waals surface area contributed by atoms with Crippen LogP contribution in [0.2, 0.25) is 5.02 Å². The predicted molar refractivity (Wildman–Crippen MR) is 158 cm³/mol. The van der Waals surface area contributed by atoms with Gasteiger partial charge >= 0.3 is 6.03 Å². The lowest BCUT2D eigenvalue weighted by atomic mass is 10.2. The lowest BCUT2D eigenvalue weighted by molar-refractivity contribution is 0.184. The van der Waals surface area contributed by atoms with Gasteiger partial charge in [0.15, 0.2) is 11.6 Å². The number of urea groups is 1. The Morgan fingerprint density at radius 2 is 1.73 bits per heavy atom. The van der Waals surface area contributed by atoms with Crippen molar-refractivity contribution in [3.05, 3.63) is 65.9 Å². The average molecular weight is 577 g/mol. The molecular weight excluding hydrogens is 544 g/mol. The number of ether oxygens (including phenoxy) is 3. The summed E-state index contributed by atoms with van der Waals surface area (Å²) in [6.07, 6.45) is 7.50. The molecule has 0 aliphatic heterocycles. The minimum Gasteiger partial charge on any atom is -0.497 e. The number of amides is 2. The number of anilines is 1. The monoisotopic (exact) mass is 576 g/mol. The summed E-state index contributed by atoms with van der Waals surface area (Å²) in [7, 11) is 4.74. The van der Waals surface area contributed by atoms with Gasteiger partial charge in [-0.25, -0.2) is 14.5 Å². The van der Waals surface area contributed by atoms with Gasteiger partial charge in [0, 0.05) is 42.2 Å². The van der Waals surface area contributed by atoms with Gasteiger partial charge in [-0.15, -0.1) is 0 Å². The van der Waals surface area contributed by atoms with E-state index in [2.05, 4.69) is 10.3 Å². The maximum Gasteiger partial charge on any atom is 0.322 e. The predicted octanol–water partition coefficient (Wildman–Crippen LogP) is 6.16. The first-order valence-corrected chi connectivity index (χ1v) is 13.9. The molecule has 2 heterocycles. The number of aromatic nitrogens is 4. The third kappa shape index (κ3) is 6.38. The van der Waals surface area contributed by atoms with Gasteiger partial charge in [0.25, 0.3) is 0 Å². The quantitative estimate of drug-likeness (QED) is 0.241. The molecule has 0 spiro atoms. The summed E-state index contributed by atoms with van der Waals surface area (Å²) >= 11 is 6.46. The standard InChI is InChI=1S/C30H33ClN6O4/c1-39-23-9-10-25(27(19-23)41-3)33-30(38)36(22-6-4-5-7-22)16-17-37-29(21-8-11-26(40-2)24(31)18-21)34-28(35-37)20-12-14-32-15-13-20/h8-15,18-19,22H,4-7,16-17H2,1-3H3,(H,33,38). The van der Waals surface area contributed by atoms with Crippen molar-refractivity contribution in [2.75, 3.05) is 33.2 Å². The van der Waals surface area contributed by atoms with Crippen molar-refractivity contribution in [3.8, 4) is 40.0 Å². The zero-order chi connectivity index (χ0) is 28.8. The van der Waals surface area contributed by atoms with Gasteiger partial charge in [-0.3, -0.25) is 4.98 Å². The summed E-state index contributed by atoms with van der Waals surface area (Å²) in [5, 5.41) is 8.35. The number of benzene rings is 2. The highest BCUT2D eigenvalue weighted by Crippen LogP contribution is 2.32. The second-order valence-electron chi connectivity index (χ2n) is 9.70. The molecule has 0 radical (unpaired) electrons. The lowest BCUT2D eigenvalue weighted by Crippen LogP contribution is -2.43. The summed E-state index contributed by atoms with van der Waals surface area (Å²) in [6, 6.07) is 14.5. The molecule has 1 saturated carbocycles. The van der Waals surface area contributed by atoms with E-state index in [1.807, 2.05) is 39.9 Å². The normalized spacial score (nSPS) is 13.2. The molecule has 0 unspecified atom stereocenters. The summed E-state index contributed by atoms with van der Waals surface area (Å²) < 4.78 is 18.0. The van der Waals surface area contributed by atoms with E-state index in [1.54, 1.807) is 51.9 Å². The van der Waals surface area contributed by atoms with Crippen LogP contribution in [-0.2, 0) is 6.54 Å². The molecule has 11 heteroatoms.